The van der Waals surface area contributed by atoms with Gasteiger partial charge in [0.1, 0.15) is 0 Å². The molecule has 0 saturated heterocycles. The van der Waals surface area contributed by atoms with E-state index in [0.717, 1.165) is 32.2 Å². The second-order valence-corrected chi connectivity index (χ2v) is 5.49. The van der Waals surface area contributed by atoms with Crippen molar-refractivity contribution in [3.05, 3.63) is 34.9 Å². The SMILES string of the molecule is Cc1ccc(CNC2CCC(C#N)CC2)c(C)c1. The third kappa shape index (κ3) is 3.34. The second kappa shape index (κ2) is 6.02. The summed E-state index contributed by atoms with van der Waals surface area (Å²) in [4.78, 5) is 0. The molecule has 96 valence electrons. The molecular formula is C16H22N2. The van der Waals surface area contributed by atoms with Crippen LogP contribution in [0.25, 0.3) is 0 Å². The summed E-state index contributed by atoms with van der Waals surface area (Å²) in [5, 5.41) is 12.5. The smallest absolute Gasteiger partial charge is 0.0655 e. The van der Waals surface area contributed by atoms with E-state index in [4.69, 9.17) is 5.26 Å². The Hall–Kier alpha value is -1.33. The molecule has 0 spiro atoms. The third-order valence-electron chi connectivity index (χ3n) is 3.99. The van der Waals surface area contributed by atoms with Gasteiger partial charge in [-0.3, -0.25) is 0 Å². The average Bonchev–Trinajstić information content (AvgIpc) is 2.38. The zero-order valence-corrected chi connectivity index (χ0v) is 11.4. The van der Waals surface area contributed by atoms with Gasteiger partial charge in [0.05, 0.1) is 6.07 Å². The van der Waals surface area contributed by atoms with E-state index in [2.05, 4.69) is 43.4 Å². The molecule has 1 aliphatic rings. The third-order valence-corrected chi connectivity index (χ3v) is 3.99. The van der Waals surface area contributed by atoms with Gasteiger partial charge in [-0.05, 0) is 50.7 Å². The summed E-state index contributed by atoms with van der Waals surface area (Å²) in [5.74, 6) is 0.296. The first-order chi connectivity index (χ1) is 8.69. The van der Waals surface area contributed by atoms with E-state index in [0.29, 0.717) is 12.0 Å². The molecule has 1 aromatic rings. The van der Waals surface area contributed by atoms with Crippen molar-refractivity contribution < 1.29 is 0 Å². The monoisotopic (exact) mass is 242 g/mol. The highest BCUT2D eigenvalue weighted by Crippen LogP contribution is 2.23. The first kappa shape index (κ1) is 13.1. The van der Waals surface area contributed by atoms with Gasteiger partial charge in [0.15, 0.2) is 0 Å². The van der Waals surface area contributed by atoms with Crippen molar-refractivity contribution in [1.82, 2.24) is 5.32 Å². The van der Waals surface area contributed by atoms with Crippen molar-refractivity contribution in [3.8, 4) is 6.07 Å². The molecule has 0 bridgehead atoms. The highest BCUT2D eigenvalue weighted by atomic mass is 14.9. The van der Waals surface area contributed by atoms with Gasteiger partial charge < -0.3 is 5.32 Å². The number of nitrogens with one attached hydrogen (secondary N) is 1. The molecule has 1 aromatic carbocycles. The Bertz CT molecular complexity index is 437. The molecule has 0 aliphatic heterocycles. The first-order valence-corrected chi connectivity index (χ1v) is 6.88. The Morgan fingerprint density at radius 3 is 2.56 bits per heavy atom. The molecule has 1 N–H and O–H groups in total. The number of hydrogen-bond donors (Lipinski definition) is 1. The summed E-state index contributed by atoms with van der Waals surface area (Å²) in [6, 6.07) is 9.62. The average molecular weight is 242 g/mol. The number of nitriles is 1. The Kier molecular flexibility index (Phi) is 4.38. The van der Waals surface area contributed by atoms with Crippen molar-refractivity contribution >= 4 is 0 Å². The zero-order valence-electron chi connectivity index (χ0n) is 11.4. The molecule has 1 fully saturated rings. The summed E-state index contributed by atoms with van der Waals surface area (Å²) < 4.78 is 0. The van der Waals surface area contributed by atoms with Crippen molar-refractivity contribution in [1.29, 1.82) is 5.26 Å². The van der Waals surface area contributed by atoms with Gasteiger partial charge in [-0.25, -0.2) is 0 Å². The molecule has 2 heteroatoms. The van der Waals surface area contributed by atoms with Crippen molar-refractivity contribution in [2.75, 3.05) is 0 Å². The largest absolute Gasteiger partial charge is 0.310 e. The van der Waals surface area contributed by atoms with Gasteiger partial charge in [0.25, 0.3) is 0 Å². The Morgan fingerprint density at radius 2 is 1.94 bits per heavy atom. The Balaban J connectivity index is 1.83. The molecule has 0 unspecified atom stereocenters. The van der Waals surface area contributed by atoms with E-state index in [9.17, 15) is 0 Å². The van der Waals surface area contributed by atoms with Crippen LogP contribution in [-0.4, -0.2) is 6.04 Å². The zero-order chi connectivity index (χ0) is 13.0. The van der Waals surface area contributed by atoms with Crippen LogP contribution in [0.5, 0.6) is 0 Å². The van der Waals surface area contributed by atoms with Crippen molar-refractivity contribution in [2.24, 2.45) is 5.92 Å². The molecule has 0 heterocycles. The standard InChI is InChI=1S/C16H22N2/c1-12-3-6-15(13(2)9-12)11-18-16-7-4-14(10-17)5-8-16/h3,6,9,14,16,18H,4-5,7-8,11H2,1-2H3. The van der Waals surface area contributed by atoms with E-state index >= 15 is 0 Å². The summed E-state index contributed by atoms with van der Waals surface area (Å²) in [6.45, 7) is 5.26. The fraction of sp³-hybridized carbons (Fsp3) is 0.562. The summed E-state index contributed by atoms with van der Waals surface area (Å²) in [6.07, 6.45) is 4.40. The number of aryl methyl sites for hydroxylation is 2. The highest BCUT2D eigenvalue weighted by molar-refractivity contribution is 5.30. The molecule has 1 saturated carbocycles. The molecule has 2 rings (SSSR count). The van der Waals surface area contributed by atoms with Crippen LogP contribution in [0.1, 0.15) is 42.4 Å². The molecule has 18 heavy (non-hydrogen) atoms. The molecule has 0 radical (unpaired) electrons. The van der Waals surface area contributed by atoms with Crippen LogP contribution >= 0.6 is 0 Å². The van der Waals surface area contributed by atoms with Gasteiger partial charge in [0, 0.05) is 18.5 Å². The number of nitrogens with zero attached hydrogens (tertiary/aromatic N) is 1. The molecule has 0 atom stereocenters. The number of rotatable bonds is 3. The fourth-order valence-corrected chi connectivity index (χ4v) is 2.73. The van der Waals surface area contributed by atoms with Crippen LogP contribution in [0.3, 0.4) is 0 Å². The first-order valence-electron chi connectivity index (χ1n) is 6.88. The van der Waals surface area contributed by atoms with Crippen LogP contribution in [-0.2, 0) is 6.54 Å². The van der Waals surface area contributed by atoms with Crippen LogP contribution in [0.2, 0.25) is 0 Å². The van der Waals surface area contributed by atoms with Crippen LogP contribution in [0, 0.1) is 31.1 Å². The van der Waals surface area contributed by atoms with Crippen LogP contribution < -0.4 is 5.32 Å². The Labute approximate surface area is 110 Å². The lowest BCUT2D eigenvalue weighted by molar-refractivity contribution is 0.331. The summed E-state index contributed by atoms with van der Waals surface area (Å²) >= 11 is 0. The predicted octanol–water partition coefficient (Wildman–Crippen LogP) is 3.48. The normalized spacial score (nSPS) is 23.6. The highest BCUT2D eigenvalue weighted by Gasteiger charge is 2.20. The van der Waals surface area contributed by atoms with Crippen molar-refractivity contribution in [2.45, 2.75) is 52.1 Å². The number of benzene rings is 1. The minimum atomic E-state index is 0.296. The minimum Gasteiger partial charge on any atom is -0.310 e. The van der Waals surface area contributed by atoms with E-state index in [-0.39, 0.29) is 0 Å². The quantitative estimate of drug-likeness (QED) is 0.881. The van der Waals surface area contributed by atoms with Crippen LogP contribution in [0.15, 0.2) is 18.2 Å². The maximum atomic E-state index is 8.88. The molecular weight excluding hydrogens is 220 g/mol. The maximum absolute atomic E-state index is 8.88. The van der Waals surface area contributed by atoms with Gasteiger partial charge in [-0.2, -0.15) is 5.26 Å². The molecule has 0 aromatic heterocycles. The summed E-state index contributed by atoms with van der Waals surface area (Å²) in [7, 11) is 0. The van der Waals surface area contributed by atoms with Crippen LogP contribution in [0.4, 0.5) is 0 Å². The lowest BCUT2D eigenvalue weighted by Crippen LogP contribution is -2.32. The molecule has 0 amide bonds. The minimum absolute atomic E-state index is 0.296. The van der Waals surface area contributed by atoms with Crippen molar-refractivity contribution in [3.63, 3.8) is 0 Å². The van der Waals surface area contributed by atoms with Gasteiger partial charge in [-0.1, -0.05) is 23.8 Å². The van der Waals surface area contributed by atoms with E-state index < -0.39 is 0 Å². The van der Waals surface area contributed by atoms with E-state index in [1.165, 1.54) is 16.7 Å². The second-order valence-electron chi connectivity index (χ2n) is 5.49. The molecule has 1 aliphatic carbocycles. The van der Waals surface area contributed by atoms with Gasteiger partial charge >= 0.3 is 0 Å². The Morgan fingerprint density at radius 1 is 1.22 bits per heavy atom. The van der Waals surface area contributed by atoms with Gasteiger partial charge in [-0.15, -0.1) is 0 Å². The topological polar surface area (TPSA) is 35.8 Å². The lowest BCUT2D eigenvalue weighted by atomic mass is 9.87. The lowest BCUT2D eigenvalue weighted by Gasteiger charge is -2.26. The predicted molar refractivity (Wildman–Crippen MR) is 74.1 cm³/mol. The number of hydrogen-bond acceptors (Lipinski definition) is 2. The maximum Gasteiger partial charge on any atom is 0.0655 e. The van der Waals surface area contributed by atoms with E-state index in [1.807, 2.05) is 0 Å². The molecule has 2 nitrogen and oxygen atoms in total. The fourth-order valence-electron chi connectivity index (χ4n) is 2.73. The van der Waals surface area contributed by atoms with E-state index in [1.54, 1.807) is 0 Å². The summed E-state index contributed by atoms with van der Waals surface area (Å²) in [5.41, 5.74) is 4.09. The van der Waals surface area contributed by atoms with Gasteiger partial charge in [0.2, 0.25) is 0 Å².